The number of anilines is 2. The molecule has 0 saturated carbocycles. The minimum atomic E-state index is -0.00400. The number of nitrogen functional groups attached to an aromatic ring is 1. The summed E-state index contributed by atoms with van der Waals surface area (Å²) in [5.41, 5.74) is 7.93. The van der Waals surface area contributed by atoms with Gasteiger partial charge in [0.15, 0.2) is 5.78 Å². The van der Waals surface area contributed by atoms with Gasteiger partial charge in [0, 0.05) is 34.3 Å². The van der Waals surface area contributed by atoms with Crippen LogP contribution in [0.3, 0.4) is 0 Å². The van der Waals surface area contributed by atoms with E-state index in [1.165, 1.54) is 11.8 Å². The average Bonchev–Trinajstić information content (AvgIpc) is 2.81. The Kier molecular flexibility index (Phi) is 4.22. The van der Waals surface area contributed by atoms with Gasteiger partial charge >= 0.3 is 0 Å². The number of carbonyl (C=O) groups is 1. The molecule has 4 heteroatoms. The van der Waals surface area contributed by atoms with E-state index in [1.807, 2.05) is 12.1 Å². The number of benzene rings is 1. The lowest BCUT2D eigenvalue weighted by atomic mass is 10.1. The van der Waals surface area contributed by atoms with Crippen molar-refractivity contribution in [1.29, 1.82) is 0 Å². The molecule has 0 radical (unpaired) electrons. The molecule has 1 heterocycles. The van der Waals surface area contributed by atoms with Crippen molar-refractivity contribution in [3.8, 4) is 0 Å². The molecule has 1 unspecified atom stereocenters. The molecular weight excluding hydrogens is 256 g/mol. The Morgan fingerprint density at radius 2 is 2.21 bits per heavy atom. The molecule has 1 aromatic carbocycles. The normalized spacial score (nSPS) is 12.1. The van der Waals surface area contributed by atoms with Crippen LogP contribution in [0.15, 0.2) is 35.7 Å². The van der Waals surface area contributed by atoms with Crippen molar-refractivity contribution < 1.29 is 4.79 Å². The Bertz CT molecular complexity index is 564. The number of nitrogens with two attached hydrogens (primary N) is 1. The molecule has 100 valence electrons. The van der Waals surface area contributed by atoms with E-state index in [4.69, 9.17) is 5.73 Å². The fourth-order valence-corrected chi connectivity index (χ4v) is 2.87. The predicted molar refractivity (Wildman–Crippen MR) is 82.0 cm³/mol. The number of rotatable bonds is 5. The number of carbonyl (C=O) groups excluding carboxylic acids is 1. The Labute approximate surface area is 117 Å². The van der Waals surface area contributed by atoms with Gasteiger partial charge in [-0.2, -0.15) is 0 Å². The van der Waals surface area contributed by atoms with E-state index in [2.05, 4.69) is 29.8 Å². The molecule has 0 saturated heterocycles. The molecule has 0 fully saturated rings. The largest absolute Gasteiger partial charge is 0.398 e. The van der Waals surface area contributed by atoms with E-state index in [9.17, 15) is 4.79 Å². The van der Waals surface area contributed by atoms with Crippen LogP contribution in [0.2, 0.25) is 0 Å². The van der Waals surface area contributed by atoms with Crippen molar-refractivity contribution in [2.45, 2.75) is 26.3 Å². The SMILES string of the molecule is CC(=O)c1ccc(NC(C)Cc2cccs2)cc1N. The van der Waals surface area contributed by atoms with Crippen LogP contribution in [-0.4, -0.2) is 11.8 Å². The highest BCUT2D eigenvalue weighted by molar-refractivity contribution is 7.09. The molecular formula is C15H18N2OS. The minimum absolute atomic E-state index is 0.00400. The highest BCUT2D eigenvalue weighted by atomic mass is 32.1. The van der Waals surface area contributed by atoms with Crippen LogP contribution in [0.1, 0.15) is 29.1 Å². The number of nitrogens with one attached hydrogen (secondary N) is 1. The Hall–Kier alpha value is -1.81. The molecule has 2 aromatic rings. The quantitative estimate of drug-likeness (QED) is 0.647. The van der Waals surface area contributed by atoms with Gasteiger partial charge in [-0.3, -0.25) is 4.79 Å². The van der Waals surface area contributed by atoms with Gasteiger partial charge in [-0.1, -0.05) is 6.07 Å². The van der Waals surface area contributed by atoms with Crippen LogP contribution in [-0.2, 0) is 6.42 Å². The van der Waals surface area contributed by atoms with Gasteiger partial charge in [0.1, 0.15) is 0 Å². The molecule has 0 aliphatic rings. The molecule has 2 rings (SSSR count). The summed E-state index contributed by atoms with van der Waals surface area (Å²) in [6, 6.07) is 10.0. The van der Waals surface area contributed by atoms with E-state index < -0.39 is 0 Å². The first-order valence-corrected chi connectivity index (χ1v) is 7.13. The van der Waals surface area contributed by atoms with Crippen molar-refractivity contribution in [3.63, 3.8) is 0 Å². The summed E-state index contributed by atoms with van der Waals surface area (Å²) in [5.74, 6) is -0.00400. The first-order chi connectivity index (χ1) is 9.06. The van der Waals surface area contributed by atoms with E-state index in [0.29, 0.717) is 17.3 Å². The van der Waals surface area contributed by atoms with E-state index >= 15 is 0 Å². The zero-order chi connectivity index (χ0) is 13.8. The standard InChI is InChI=1S/C15H18N2OS/c1-10(8-13-4-3-7-19-13)17-12-5-6-14(11(2)18)15(16)9-12/h3-7,9-10,17H,8,16H2,1-2H3. The summed E-state index contributed by atoms with van der Waals surface area (Å²) >= 11 is 1.76. The molecule has 1 aromatic heterocycles. The second kappa shape index (κ2) is 5.89. The van der Waals surface area contributed by atoms with E-state index in [-0.39, 0.29) is 5.78 Å². The molecule has 0 aliphatic heterocycles. The van der Waals surface area contributed by atoms with Gasteiger partial charge in [0.05, 0.1) is 0 Å². The second-order valence-electron chi connectivity index (χ2n) is 4.69. The third kappa shape index (κ3) is 3.58. The van der Waals surface area contributed by atoms with Gasteiger partial charge in [-0.15, -0.1) is 11.3 Å². The Morgan fingerprint density at radius 1 is 1.42 bits per heavy atom. The monoisotopic (exact) mass is 274 g/mol. The Balaban J connectivity index is 2.03. The van der Waals surface area contributed by atoms with E-state index in [0.717, 1.165) is 12.1 Å². The maximum atomic E-state index is 11.3. The topological polar surface area (TPSA) is 55.1 Å². The highest BCUT2D eigenvalue weighted by Gasteiger charge is 2.08. The van der Waals surface area contributed by atoms with Crippen LogP contribution in [0.4, 0.5) is 11.4 Å². The average molecular weight is 274 g/mol. The third-order valence-corrected chi connectivity index (χ3v) is 3.83. The summed E-state index contributed by atoms with van der Waals surface area (Å²) in [7, 11) is 0. The lowest BCUT2D eigenvalue weighted by molar-refractivity contribution is 0.101. The number of Topliss-reactive ketones (excluding diaryl/α,β-unsaturated/α-hetero) is 1. The zero-order valence-electron chi connectivity index (χ0n) is 11.1. The lowest BCUT2D eigenvalue weighted by Crippen LogP contribution is -2.17. The fourth-order valence-electron chi connectivity index (χ4n) is 2.04. The highest BCUT2D eigenvalue weighted by Crippen LogP contribution is 2.20. The number of ketones is 1. The molecule has 3 N–H and O–H groups in total. The van der Waals surface area contributed by atoms with Crippen LogP contribution >= 0.6 is 11.3 Å². The fraction of sp³-hybridized carbons (Fsp3) is 0.267. The van der Waals surface area contributed by atoms with Gasteiger partial charge in [-0.05, 0) is 43.5 Å². The first kappa shape index (κ1) is 13.6. The Morgan fingerprint density at radius 3 is 2.79 bits per heavy atom. The first-order valence-electron chi connectivity index (χ1n) is 6.25. The third-order valence-electron chi connectivity index (χ3n) is 2.93. The summed E-state index contributed by atoms with van der Waals surface area (Å²) < 4.78 is 0. The summed E-state index contributed by atoms with van der Waals surface area (Å²) in [5, 5.41) is 5.49. The van der Waals surface area contributed by atoms with Gasteiger partial charge < -0.3 is 11.1 Å². The van der Waals surface area contributed by atoms with Gasteiger partial charge in [0.2, 0.25) is 0 Å². The zero-order valence-corrected chi connectivity index (χ0v) is 12.0. The summed E-state index contributed by atoms with van der Waals surface area (Å²) in [6.45, 7) is 3.66. The van der Waals surface area contributed by atoms with Crippen LogP contribution in [0, 0.1) is 0 Å². The molecule has 0 bridgehead atoms. The summed E-state index contributed by atoms with van der Waals surface area (Å²) in [6.07, 6.45) is 0.978. The van der Waals surface area contributed by atoms with Gasteiger partial charge in [-0.25, -0.2) is 0 Å². The molecule has 0 spiro atoms. The molecule has 1 atom stereocenters. The molecule has 19 heavy (non-hydrogen) atoms. The maximum absolute atomic E-state index is 11.3. The van der Waals surface area contributed by atoms with Crippen LogP contribution in [0.5, 0.6) is 0 Å². The number of hydrogen-bond acceptors (Lipinski definition) is 4. The lowest BCUT2D eigenvalue weighted by Gasteiger charge is -2.15. The molecule has 0 amide bonds. The minimum Gasteiger partial charge on any atom is -0.398 e. The van der Waals surface area contributed by atoms with Crippen LogP contribution < -0.4 is 11.1 Å². The van der Waals surface area contributed by atoms with Crippen molar-refractivity contribution in [2.24, 2.45) is 0 Å². The van der Waals surface area contributed by atoms with Crippen molar-refractivity contribution >= 4 is 28.5 Å². The number of hydrogen-bond donors (Lipinski definition) is 2. The molecule has 3 nitrogen and oxygen atoms in total. The van der Waals surface area contributed by atoms with Gasteiger partial charge in [0.25, 0.3) is 0 Å². The second-order valence-corrected chi connectivity index (χ2v) is 5.72. The number of thiophene rings is 1. The van der Waals surface area contributed by atoms with Crippen molar-refractivity contribution in [2.75, 3.05) is 11.1 Å². The van der Waals surface area contributed by atoms with Crippen molar-refractivity contribution in [3.05, 3.63) is 46.2 Å². The molecule has 0 aliphatic carbocycles. The van der Waals surface area contributed by atoms with Crippen molar-refractivity contribution in [1.82, 2.24) is 0 Å². The smallest absolute Gasteiger partial charge is 0.161 e. The van der Waals surface area contributed by atoms with E-state index in [1.54, 1.807) is 17.4 Å². The van der Waals surface area contributed by atoms with Crippen LogP contribution in [0.25, 0.3) is 0 Å². The predicted octanol–water partition coefficient (Wildman–Crippen LogP) is 3.58. The maximum Gasteiger partial charge on any atom is 0.161 e. The summed E-state index contributed by atoms with van der Waals surface area (Å²) in [4.78, 5) is 12.7.